The topological polar surface area (TPSA) is 17.1 Å². The second-order valence-corrected chi connectivity index (χ2v) is 3.64. The first-order chi connectivity index (χ1) is 3.77. The lowest BCUT2D eigenvalue weighted by atomic mass is 10.4. The molecule has 0 unspecified atom stereocenters. The third kappa shape index (κ3) is 6.75. The maximum Gasteiger partial charge on any atom is 0.192 e. The molecule has 0 fully saturated rings. The highest BCUT2D eigenvalue weighted by Gasteiger charge is 1.91. The van der Waals surface area contributed by atoms with Crippen LogP contribution in [0.15, 0.2) is 0 Å². The molecule has 0 aromatic carbocycles. The van der Waals surface area contributed by atoms with Crippen LogP contribution in [0.4, 0.5) is 0 Å². The fourth-order valence-electron chi connectivity index (χ4n) is 0.355. The normalized spacial score (nSPS) is 9.25. The Labute approximate surface area is 67.7 Å². The van der Waals surface area contributed by atoms with Crippen LogP contribution in [0.2, 0.25) is 0 Å². The molecule has 0 aliphatic rings. The van der Waals surface area contributed by atoms with Crippen LogP contribution >= 0.6 is 34.4 Å². The highest BCUT2D eigenvalue weighted by molar-refractivity contribution is 14.1. The van der Waals surface area contributed by atoms with E-state index in [0.717, 1.165) is 18.6 Å². The third-order valence-corrected chi connectivity index (χ3v) is 1.96. The van der Waals surface area contributed by atoms with Crippen molar-refractivity contribution in [3.05, 3.63) is 0 Å². The SMILES string of the molecule is CSCCCC(=O)I. The Hall–Kier alpha value is 0.750. The molecular formula is C5H9IOS. The second-order valence-electron chi connectivity index (χ2n) is 1.45. The molecule has 0 saturated carbocycles. The van der Waals surface area contributed by atoms with Crippen LogP contribution < -0.4 is 0 Å². The lowest BCUT2D eigenvalue weighted by molar-refractivity contribution is -0.109. The highest BCUT2D eigenvalue weighted by Crippen LogP contribution is 2.02. The van der Waals surface area contributed by atoms with E-state index in [2.05, 4.69) is 6.26 Å². The number of rotatable bonds is 4. The maximum atomic E-state index is 10.3. The van der Waals surface area contributed by atoms with E-state index in [1.54, 1.807) is 11.8 Å². The van der Waals surface area contributed by atoms with E-state index in [4.69, 9.17) is 0 Å². The molecule has 1 nitrogen and oxygen atoms in total. The molecule has 0 saturated heterocycles. The summed E-state index contributed by atoms with van der Waals surface area (Å²) < 4.78 is 0.275. The van der Waals surface area contributed by atoms with E-state index in [0.29, 0.717) is 0 Å². The van der Waals surface area contributed by atoms with Gasteiger partial charge < -0.3 is 0 Å². The zero-order valence-corrected chi connectivity index (χ0v) is 7.79. The van der Waals surface area contributed by atoms with Gasteiger partial charge in [-0.05, 0) is 41.0 Å². The van der Waals surface area contributed by atoms with Gasteiger partial charge in [0.1, 0.15) is 0 Å². The molecule has 0 aliphatic carbocycles. The van der Waals surface area contributed by atoms with Crippen LogP contribution in [-0.4, -0.2) is 15.8 Å². The monoisotopic (exact) mass is 244 g/mol. The van der Waals surface area contributed by atoms with Crippen LogP contribution in [0.3, 0.4) is 0 Å². The number of halogens is 1. The maximum absolute atomic E-state index is 10.3. The van der Waals surface area contributed by atoms with Crippen LogP contribution in [-0.2, 0) is 4.79 Å². The summed E-state index contributed by atoms with van der Waals surface area (Å²) in [7, 11) is 0. The molecule has 0 atom stereocenters. The molecule has 0 amide bonds. The van der Waals surface area contributed by atoms with E-state index >= 15 is 0 Å². The van der Waals surface area contributed by atoms with Crippen molar-refractivity contribution in [1.29, 1.82) is 0 Å². The van der Waals surface area contributed by atoms with Crippen molar-refractivity contribution >= 4 is 38.1 Å². The molecular weight excluding hydrogens is 235 g/mol. The van der Waals surface area contributed by atoms with Crippen LogP contribution in [0, 0.1) is 0 Å². The van der Waals surface area contributed by atoms with Crippen molar-refractivity contribution in [2.45, 2.75) is 12.8 Å². The first kappa shape index (κ1) is 8.75. The standard InChI is InChI=1S/C5H9IOS/c1-8-4-2-3-5(6)7/h2-4H2,1H3. The predicted octanol–water partition coefficient (Wildman–Crippen LogP) is 2.09. The van der Waals surface area contributed by atoms with E-state index in [9.17, 15) is 4.79 Å². The van der Waals surface area contributed by atoms with E-state index < -0.39 is 0 Å². The van der Waals surface area contributed by atoms with Gasteiger partial charge in [0.25, 0.3) is 0 Å². The van der Waals surface area contributed by atoms with Crippen LogP contribution in [0.1, 0.15) is 12.8 Å². The van der Waals surface area contributed by atoms with Gasteiger partial charge in [0.2, 0.25) is 0 Å². The van der Waals surface area contributed by atoms with Crippen LogP contribution in [0.5, 0.6) is 0 Å². The number of carbonyl (C=O) groups excluding carboxylic acids is 1. The molecule has 0 radical (unpaired) electrons. The molecule has 0 bridgehead atoms. The minimum absolute atomic E-state index is 0.275. The van der Waals surface area contributed by atoms with Crippen LogP contribution in [0.25, 0.3) is 0 Å². The minimum atomic E-state index is 0.275. The Morgan fingerprint density at radius 2 is 2.38 bits per heavy atom. The van der Waals surface area contributed by atoms with Crippen molar-refractivity contribution in [1.82, 2.24) is 0 Å². The fraction of sp³-hybridized carbons (Fsp3) is 0.800. The lowest BCUT2D eigenvalue weighted by Crippen LogP contribution is -1.85. The van der Waals surface area contributed by atoms with Crippen molar-refractivity contribution < 1.29 is 4.79 Å². The largest absolute Gasteiger partial charge is 0.288 e. The fourth-order valence-corrected chi connectivity index (χ4v) is 1.17. The number of hydrogen-bond donors (Lipinski definition) is 0. The van der Waals surface area contributed by atoms with Gasteiger partial charge in [0.15, 0.2) is 3.79 Å². The van der Waals surface area contributed by atoms with Gasteiger partial charge in [-0.2, -0.15) is 11.8 Å². The van der Waals surface area contributed by atoms with Gasteiger partial charge in [0, 0.05) is 6.42 Å². The average molecular weight is 244 g/mol. The Morgan fingerprint density at radius 3 is 2.75 bits per heavy atom. The van der Waals surface area contributed by atoms with Crippen molar-refractivity contribution in [2.24, 2.45) is 0 Å². The Balaban J connectivity index is 2.82. The van der Waals surface area contributed by atoms with E-state index in [1.165, 1.54) is 0 Å². The number of carbonyl (C=O) groups is 1. The molecule has 0 aliphatic heterocycles. The lowest BCUT2D eigenvalue weighted by Gasteiger charge is -1.89. The van der Waals surface area contributed by atoms with Crippen molar-refractivity contribution in [3.63, 3.8) is 0 Å². The highest BCUT2D eigenvalue weighted by atomic mass is 127. The van der Waals surface area contributed by atoms with Gasteiger partial charge in [-0.1, -0.05) is 0 Å². The summed E-state index contributed by atoms with van der Waals surface area (Å²) in [6, 6.07) is 0. The molecule has 0 spiro atoms. The van der Waals surface area contributed by atoms with Gasteiger partial charge in [0.05, 0.1) is 0 Å². The zero-order valence-electron chi connectivity index (χ0n) is 4.82. The van der Waals surface area contributed by atoms with Gasteiger partial charge >= 0.3 is 0 Å². The average Bonchev–Trinajstić information content (AvgIpc) is 1.66. The molecule has 0 N–H and O–H groups in total. The Bertz CT molecular complexity index is 74.8. The second kappa shape index (κ2) is 5.88. The molecule has 0 heterocycles. The smallest absolute Gasteiger partial charge is 0.192 e. The molecule has 0 aromatic heterocycles. The summed E-state index contributed by atoms with van der Waals surface area (Å²) >= 11 is 3.62. The van der Waals surface area contributed by atoms with Gasteiger partial charge in [-0.15, -0.1) is 0 Å². The summed E-state index contributed by atoms with van der Waals surface area (Å²) in [5.74, 6) is 1.11. The summed E-state index contributed by atoms with van der Waals surface area (Å²) in [6.45, 7) is 0. The quantitative estimate of drug-likeness (QED) is 0.428. The molecule has 8 heavy (non-hydrogen) atoms. The summed E-state index contributed by atoms with van der Waals surface area (Å²) in [5.41, 5.74) is 0. The summed E-state index contributed by atoms with van der Waals surface area (Å²) in [4.78, 5) is 10.3. The van der Waals surface area contributed by atoms with Gasteiger partial charge in [-0.25, -0.2) is 0 Å². The van der Waals surface area contributed by atoms with E-state index in [1.807, 2.05) is 22.6 Å². The minimum Gasteiger partial charge on any atom is -0.288 e. The summed E-state index contributed by atoms with van der Waals surface area (Å²) in [6.07, 6.45) is 3.82. The zero-order chi connectivity index (χ0) is 6.41. The first-order valence-corrected chi connectivity index (χ1v) is 4.92. The van der Waals surface area contributed by atoms with E-state index in [-0.39, 0.29) is 3.79 Å². The Morgan fingerprint density at radius 1 is 1.75 bits per heavy atom. The summed E-state index contributed by atoms with van der Waals surface area (Å²) in [5, 5.41) is 0. The molecule has 0 rings (SSSR count). The molecule has 0 aromatic rings. The Kier molecular flexibility index (Phi) is 6.43. The predicted molar refractivity (Wildman–Crippen MR) is 46.6 cm³/mol. The van der Waals surface area contributed by atoms with Gasteiger partial charge in [-0.3, -0.25) is 4.79 Å². The van der Waals surface area contributed by atoms with Crippen molar-refractivity contribution in [3.8, 4) is 0 Å². The third-order valence-electron chi connectivity index (χ3n) is 0.722. The number of hydrogen-bond acceptors (Lipinski definition) is 2. The molecule has 48 valence electrons. The number of thioether (sulfide) groups is 1. The molecule has 3 heteroatoms. The van der Waals surface area contributed by atoms with Crippen molar-refractivity contribution in [2.75, 3.05) is 12.0 Å². The first-order valence-electron chi connectivity index (χ1n) is 2.44.